The molecule has 0 spiro atoms. The van der Waals surface area contributed by atoms with E-state index in [0.717, 1.165) is 17.7 Å². The second kappa shape index (κ2) is 7.53. The highest BCUT2D eigenvalue weighted by atomic mass is 16.4. The molecular formula is C27H18N2O6. The Balaban J connectivity index is 1.44. The summed E-state index contributed by atoms with van der Waals surface area (Å²) in [5, 5.41) is 9.91. The van der Waals surface area contributed by atoms with Crippen molar-refractivity contribution in [1.29, 1.82) is 0 Å². The van der Waals surface area contributed by atoms with Gasteiger partial charge < -0.3 is 5.11 Å². The van der Waals surface area contributed by atoms with Crippen LogP contribution in [-0.4, -0.2) is 39.4 Å². The molecule has 0 radical (unpaired) electrons. The van der Waals surface area contributed by atoms with Gasteiger partial charge in [-0.2, -0.15) is 0 Å². The number of nitrogens with zero attached hydrogens (tertiary/aromatic N) is 2. The van der Waals surface area contributed by atoms with Crippen LogP contribution in [0.4, 0.5) is 5.69 Å². The zero-order chi connectivity index (χ0) is 24.4. The molecule has 0 saturated heterocycles. The number of rotatable bonds is 3. The Kier molecular flexibility index (Phi) is 4.54. The zero-order valence-electron chi connectivity index (χ0n) is 18.4. The highest BCUT2D eigenvalue weighted by Gasteiger charge is 2.42. The topological polar surface area (TPSA) is 122 Å². The second-order valence-electron chi connectivity index (χ2n) is 8.92. The molecular weight excluding hydrogens is 448 g/mol. The molecule has 3 aliphatic rings. The molecule has 6 rings (SSSR count). The number of carboxylic acids is 1. The van der Waals surface area contributed by atoms with Crippen molar-refractivity contribution < 1.29 is 29.1 Å². The van der Waals surface area contributed by atoms with E-state index >= 15 is 0 Å². The van der Waals surface area contributed by atoms with Crippen LogP contribution < -0.4 is 4.90 Å². The van der Waals surface area contributed by atoms with E-state index in [0.29, 0.717) is 40.6 Å². The van der Waals surface area contributed by atoms with E-state index in [1.807, 2.05) is 0 Å². The molecule has 0 saturated carbocycles. The first-order chi connectivity index (χ1) is 16.9. The molecule has 3 aromatic rings. The lowest BCUT2D eigenvalue weighted by Gasteiger charge is -2.18. The first kappa shape index (κ1) is 21.1. The van der Waals surface area contributed by atoms with Crippen molar-refractivity contribution in [2.24, 2.45) is 0 Å². The third-order valence-electron chi connectivity index (χ3n) is 6.97. The van der Waals surface area contributed by atoms with Gasteiger partial charge in [0, 0.05) is 27.7 Å². The number of aromatic carboxylic acids is 1. The van der Waals surface area contributed by atoms with Crippen LogP contribution in [0.2, 0.25) is 0 Å². The summed E-state index contributed by atoms with van der Waals surface area (Å²) in [4.78, 5) is 69.6. The maximum Gasteiger partial charge on any atom is 0.335 e. The van der Waals surface area contributed by atoms with Gasteiger partial charge in [0.15, 0.2) is 11.6 Å². The van der Waals surface area contributed by atoms with Gasteiger partial charge in [0.25, 0.3) is 11.8 Å². The van der Waals surface area contributed by atoms with Crippen molar-refractivity contribution in [2.75, 3.05) is 4.90 Å². The van der Waals surface area contributed by atoms with Crippen LogP contribution in [0.5, 0.6) is 0 Å². The molecule has 0 fully saturated rings. The van der Waals surface area contributed by atoms with Crippen LogP contribution in [0, 0.1) is 0 Å². The molecule has 1 aliphatic heterocycles. The number of hydrogen-bond acceptors (Lipinski definition) is 6. The predicted molar refractivity (Wildman–Crippen MR) is 125 cm³/mol. The van der Waals surface area contributed by atoms with E-state index in [1.54, 1.807) is 30.3 Å². The molecule has 1 N–H and O–H groups in total. The summed E-state index contributed by atoms with van der Waals surface area (Å²) >= 11 is 0. The van der Waals surface area contributed by atoms with Gasteiger partial charge in [-0.3, -0.25) is 19.2 Å². The number of amides is 2. The molecule has 2 aromatic carbocycles. The maximum atomic E-state index is 13.2. The number of anilines is 1. The first-order valence-corrected chi connectivity index (χ1v) is 11.3. The fourth-order valence-electron chi connectivity index (χ4n) is 5.24. The summed E-state index contributed by atoms with van der Waals surface area (Å²) in [7, 11) is 0. The number of carbonyl (C=O) groups excluding carboxylic acids is 4. The average molecular weight is 466 g/mol. The minimum Gasteiger partial charge on any atom is -0.478 e. The number of fused-ring (bicyclic) bond motifs is 2. The summed E-state index contributed by atoms with van der Waals surface area (Å²) in [6.45, 7) is 0. The summed E-state index contributed by atoms with van der Waals surface area (Å²) in [5.41, 5.74) is 2.08. The fourth-order valence-corrected chi connectivity index (χ4v) is 5.24. The van der Waals surface area contributed by atoms with Crippen LogP contribution in [-0.2, 0) is 9.59 Å². The highest BCUT2D eigenvalue weighted by Crippen LogP contribution is 2.39. The number of imide groups is 1. The monoisotopic (exact) mass is 466 g/mol. The van der Waals surface area contributed by atoms with E-state index in [-0.39, 0.29) is 34.2 Å². The van der Waals surface area contributed by atoms with Gasteiger partial charge in [-0.15, -0.1) is 0 Å². The Morgan fingerprint density at radius 3 is 2.23 bits per heavy atom. The van der Waals surface area contributed by atoms with Crippen molar-refractivity contribution in [2.45, 2.75) is 31.6 Å². The third-order valence-corrected chi connectivity index (χ3v) is 6.97. The van der Waals surface area contributed by atoms with E-state index in [1.165, 1.54) is 18.2 Å². The average Bonchev–Trinajstić information content (AvgIpc) is 3.27. The van der Waals surface area contributed by atoms with Crippen LogP contribution in [0.15, 0.2) is 59.7 Å². The largest absolute Gasteiger partial charge is 0.478 e. The third kappa shape index (κ3) is 2.99. The first-order valence-electron chi connectivity index (χ1n) is 11.3. The van der Waals surface area contributed by atoms with E-state index in [9.17, 15) is 29.1 Å². The highest BCUT2D eigenvalue weighted by molar-refractivity contribution is 6.34. The van der Waals surface area contributed by atoms with Gasteiger partial charge in [-0.1, -0.05) is 18.2 Å². The summed E-state index contributed by atoms with van der Waals surface area (Å²) in [5.74, 6) is -4.08. The molecule has 8 nitrogen and oxygen atoms in total. The van der Waals surface area contributed by atoms with E-state index < -0.39 is 23.5 Å². The second-order valence-corrected chi connectivity index (χ2v) is 8.92. The molecule has 8 heteroatoms. The van der Waals surface area contributed by atoms with Gasteiger partial charge in [-0.05, 0) is 56.0 Å². The number of para-hydroxylation sites is 1. The number of benzene rings is 2. The number of carboxylic acid groups (broad SMARTS) is 1. The van der Waals surface area contributed by atoms with Crippen LogP contribution >= 0.6 is 0 Å². The Bertz CT molecular complexity index is 1540. The van der Waals surface area contributed by atoms with Crippen molar-refractivity contribution in [1.82, 2.24) is 4.98 Å². The Morgan fingerprint density at radius 2 is 1.54 bits per heavy atom. The zero-order valence-corrected chi connectivity index (χ0v) is 18.4. The summed E-state index contributed by atoms with van der Waals surface area (Å²) < 4.78 is 0. The molecule has 0 bridgehead atoms. The lowest BCUT2D eigenvalue weighted by Crippen LogP contribution is -2.31. The minimum atomic E-state index is -1.22. The van der Waals surface area contributed by atoms with Crippen molar-refractivity contribution in [3.8, 4) is 0 Å². The molecule has 2 heterocycles. The number of Topliss-reactive ketones (excluding diaryl/α,β-unsaturated/α-hetero) is 2. The summed E-state index contributed by atoms with van der Waals surface area (Å²) in [6.07, 6.45) is 2.86. The van der Waals surface area contributed by atoms with Gasteiger partial charge >= 0.3 is 5.97 Å². The Labute approximate surface area is 198 Å². The normalized spacial score (nSPS) is 19.5. The summed E-state index contributed by atoms with van der Waals surface area (Å²) in [6, 6.07) is 12.3. The van der Waals surface area contributed by atoms with E-state index in [4.69, 9.17) is 0 Å². The van der Waals surface area contributed by atoms with Crippen LogP contribution in [0.25, 0.3) is 10.9 Å². The number of ketones is 2. The SMILES string of the molecule is O=C(O)c1ccc2c(c1)C(=O)C(c1ccc3cccc(N4C(=O)C5=C(CCCC5)C4=O)c3n1)C2=O. The van der Waals surface area contributed by atoms with Crippen molar-refractivity contribution in [3.05, 3.63) is 82.1 Å². The minimum absolute atomic E-state index is 0.0526. The Morgan fingerprint density at radius 1 is 0.857 bits per heavy atom. The molecule has 2 aliphatic carbocycles. The lowest BCUT2D eigenvalue weighted by molar-refractivity contribution is -0.120. The molecule has 35 heavy (non-hydrogen) atoms. The standard InChI is InChI=1S/C27H18N2O6/c30-23-15-10-8-14(27(34)35)12-18(15)24(31)21(23)19-11-9-13-4-3-7-20(22(13)28-19)29-25(32)16-5-1-2-6-17(16)26(29)33/h3-4,7-12,21H,1-2,5-6H2,(H,34,35). The van der Waals surface area contributed by atoms with E-state index in [2.05, 4.69) is 4.98 Å². The number of carbonyl (C=O) groups is 5. The molecule has 172 valence electrons. The van der Waals surface area contributed by atoms with Crippen molar-refractivity contribution in [3.63, 3.8) is 0 Å². The molecule has 2 amide bonds. The molecule has 1 unspecified atom stereocenters. The smallest absolute Gasteiger partial charge is 0.335 e. The van der Waals surface area contributed by atoms with Gasteiger partial charge in [0.05, 0.1) is 22.5 Å². The molecule has 1 aromatic heterocycles. The maximum absolute atomic E-state index is 13.2. The van der Waals surface area contributed by atoms with Gasteiger partial charge in [0.2, 0.25) is 0 Å². The molecule has 1 atom stereocenters. The number of hydrogen-bond donors (Lipinski definition) is 1. The number of aromatic nitrogens is 1. The lowest BCUT2D eigenvalue weighted by atomic mass is 9.93. The van der Waals surface area contributed by atoms with Gasteiger partial charge in [-0.25, -0.2) is 14.7 Å². The fraction of sp³-hybridized carbons (Fsp3) is 0.185. The van der Waals surface area contributed by atoms with Crippen LogP contribution in [0.3, 0.4) is 0 Å². The van der Waals surface area contributed by atoms with Gasteiger partial charge in [0.1, 0.15) is 5.92 Å². The number of pyridine rings is 1. The van der Waals surface area contributed by atoms with Crippen LogP contribution in [0.1, 0.15) is 68.4 Å². The Hall–Kier alpha value is -4.46. The van der Waals surface area contributed by atoms with Crippen molar-refractivity contribution >= 4 is 45.9 Å². The quantitative estimate of drug-likeness (QED) is 0.460. The predicted octanol–water partition coefficient (Wildman–Crippen LogP) is 3.84.